The fourth-order valence-corrected chi connectivity index (χ4v) is 4.22. The summed E-state index contributed by atoms with van der Waals surface area (Å²) in [5.41, 5.74) is 4.35. The van der Waals surface area contributed by atoms with E-state index < -0.39 is 0 Å². The topological polar surface area (TPSA) is 75.7 Å². The summed E-state index contributed by atoms with van der Waals surface area (Å²) in [7, 11) is 3.83. The van der Waals surface area contributed by atoms with Crippen molar-refractivity contribution in [3.8, 4) is 22.9 Å². The molecular weight excluding hydrogens is 358 g/mol. The monoisotopic (exact) mass is 380 g/mol. The Balaban J connectivity index is 1.72. The average Bonchev–Trinajstić information content (AvgIpc) is 3.36. The Labute approximate surface area is 162 Å². The Bertz CT molecular complexity index is 1050. The number of ether oxygens (including phenoxy) is 3. The lowest BCUT2D eigenvalue weighted by molar-refractivity contribution is -0.909. The minimum atomic E-state index is -0.0807. The Morgan fingerprint density at radius 1 is 1.25 bits per heavy atom. The number of rotatable bonds is 3. The molecule has 0 radical (unpaired) electrons. The summed E-state index contributed by atoms with van der Waals surface area (Å²) < 4.78 is 19.0. The minimum absolute atomic E-state index is 0.0807. The van der Waals surface area contributed by atoms with Gasteiger partial charge in [0.15, 0.2) is 17.5 Å². The second-order valence-corrected chi connectivity index (χ2v) is 7.23. The highest BCUT2D eigenvalue weighted by Crippen LogP contribution is 2.48. The van der Waals surface area contributed by atoms with Crippen molar-refractivity contribution < 1.29 is 19.1 Å². The van der Waals surface area contributed by atoms with Crippen LogP contribution in [0.1, 0.15) is 28.6 Å². The van der Waals surface area contributed by atoms with Crippen LogP contribution >= 0.6 is 0 Å². The van der Waals surface area contributed by atoms with Crippen LogP contribution < -0.4 is 19.1 Å². The number of fused-ring (bicyclic) bond motifs is 2. The highest BCUT2D eigenvalue weighted by molar-refractivity contribution is 5.62. The summed E-state index contributed by atoms with van der Waals surface area (Å²) in [6.07, 6.45) is 0.927. The van der Waals surface area contributed by atoms with Crippen LogP contribution in [0.4, 0.5) is 0 Å². The van der Waals surface area contributed by atoms with Crippen molar-refractivity contribution in [1.82, 2.24) is 20.2 Å². The van der Waals surface area contributed by atoms with E-state index in [0.717, 1.165) is 41.4 Å². The van der Waals surface area contributed by atoms with Crippen LogP contribution in [0.25, 0.3) is 5.69 Å². The van der Waals surface area contributed by atoms with Crippen molar-refractivity contribution in [2.24, 2.45) is 0 Å². The molecule has 144 valence electrons. The van der Waals surface area contributed by atoms with Crippen molar-refractivity contribution in [2.45, 2.75) is 19.4 Å². The average molecular weight is 380 g/mol. The van der Waals surface area contributed by atoms with Gasteiger partial charge in [0.05, 0.1) is 32.0 Å². The maximum atomic E-state index is 5.81. The normalized spacial score (nSPS) is 20.1. The minimum Gasteiger partial charge on any atom is -0.492 e. The van der Waals surface area contributed by atoms with Gasteiger partial charge in [-0.15, -0.1) is 5.10 Å². The van der Waals surface area contributed by atoms with E-state index in [9.17, 15) is 0 Å². The van der Waals surface area contributed by atoms with Crippen molar-refractivity contribution >= 4 is 0 Å². The van der Waals surface area contributed by atoms with Gasteiger partial charge in [-0.3, -0.25) is 0 Å². The number of methoxy groups -OCH3 is 1. The predicted octanol–water partition coefficient (Wildman–Crippen LogP) is 0.868. The first kappa shape index (κ1) is 17.0. The second-order valence-electron chi connectivity index (χ2n) is 7.23. The molecule has 0 spiro atoms. The molecule has 8 nitrogen and oxygen atoms in total. The maximum absolute atomic E-state index is 5.81. The molecule has 1 N–H and O–H groups in total. The highest BCUT2D eigenvalue weighted by Gasteiger charge is 2.40. The molecule has 2 atom stereocenters. The Kier molecular flexibility index (Phi) is 3.94. The number of benzene rings is 2. The van der Waals surface area contributed by atoms with Crippen molar-refractivity contribution in [3.63, 3.8) is 0 Å². The summed E-state index contributed by atoms with van der Waals surface area (Å²) in [4.78, 5) is 1.30. The Morgan fingerprint density at radius 2 is 2.11 bits per heavy atom. The number of nitrogens with one attached hydrogen (secondary N) is 1. The van der Waals surface area contributed by atoms with Gasteiger partial charge in [-0.1, -0.05) is 18.2 Å². The molecule has 0 fully saturated rings. The first-order valence-electron chi connectivity index (χ1n) is 9.35. The van der Waals surface area contributed by atoms with Crippen LogP contribution in [0.5, 0.6) is 17.2 Å². The van der Waals surface area contributed by atoms with Gasteiger partial charge in [0.1, 0.15) is 0 Å². The van der Waals surface area contributed by atoms with Crippen LogP contribution in [-0.4, -0.2) is 47.7 Å². The molecule has 8 heteroatoms. The number of hydrogen-bond donors (Lipinski definition) is 1. The highest BCUT2D eigenvalue weighted by atomic mass is 16.7. The molecule has 3 heterocycles. The zero-order valence-corrected chi connectivity index (χ0v) is 16.1. The smallest absolute Gasteiger partial charge is 0.231 e. The largest absolute Gasteiger partial charge is 0.492 e. The number of aromatic nitrogens is 4. The van der Waals surface area contributed by atoms with Gasteiger partial charge in [-0.2, -0.15) is 4.68 Å². The summed E-state index contributed by atoms with van der Waals surface area (Å²) in [5, 5.41) is 12.7. The number of likely N-dealkylation sites (N-methyl/N-ethyl adjacent to an activating group) is 1. The van der Waals surface area contributed by atoms with Gasteiger partial charge in [0.2, 0.25) is 18.4 Å². The lowest BCUT2D eigenvalue weighted by atomic mass is 9.90. The Hall–Kier alpha value is -3.13. The molecular formula is C20H22N5O3+. The third-order valence-corrected chi connectivity index (χ3v) is 5.61. The van der Waals surface area contributed by atoms with Crippen molar-refractivity contribution in [1.29, 1.82) is 0 Å². The van der Waals surface area contributed by atoms with E-state index in [0.29, 0.717) is 11.5 Å². The van der Waals surface area contributed by atoms with Gasteiger partial charge >= 0.3 is 0 Å². The molecule has 2 aliphatic rings. The number of para-hydroxylation sites is 1. The van der Waals surface area contributed by atoms with E-state index in [1.54, 1.807) is 7.11 Å². The number of hydrogen-bond acceptors (Lipinski definition) is 6. The molecule has 0 amide bonds. The molecule has 2 aliphatic heterocycles. The van der Waals surface area contributed by atoms with E-state index in [2.05, 4.69) is 41.6 Å². The summed E-state index contributed by atoms with van der Waals surface area (Å²) in [6, 6.07) is 10.1. The molecule has 2 aromatic carbocycles. The quantitative estimate of drug-likeness (QED) is 0.727. The van der Waals surface area contributed by atoms with Crippen molar-refractivity contribution in [2.75, 3.05) is 27.5 Å². The summed E-state index contributed by atoms with van der Waals surface area (Å²) in [5.74, 6) is 2.90. The molecule has 0 saturated carbocycles. The standard InChI is InChI=1S/C20H21N5O3/c1-12-6-4-5-7-14(12)25-20(21-22-23-25)17-16-13(8-9-24(17)2)10-15-18(19(16)26-3)28-11-27-15/h4-7,10,17H,8-9,11H2,1-3H3/p+1/t17-/m0/s1. The van der Waals surface area contributed by atoms with E-state index in [1.807, 2.05) is 22.9 Å². The molecule has 5 rings (SSSR count). The third-order valence-electron chi connectivity index (χ3n) is 5.61. The van der Waals surface area contributed by atoms with E-state index in [1.165, 1.54) is 10.5 Å². The zero-order chi connectivity index (χ0) is 19.3. The van der Waals surface area contributed by atoms with E-state index in [4.69, 9.17) is 14.2 Å². The lowest BCUT2D eigenvalue weighted by Gasteiger charge is -2.32. The van der Waals surface area contributed by atoms with Gasteiger partial charge in [0.25, 0.3) is 0 Å². The van der Waals surface area contributed by atoms with Gasteiger partial charge < -0.3 is 19.1 Å². The van der Waals surface area contributed by atoms with Gasteiger partial charge in [-0.05, 0) is 40.6 Å². The van der Waals surface area contributed by atoms with Crippen LogP contribution in [0.15, 0.2) is 30.3 Å². The van der Waals surface area contributed by atoms with Crippen LogP contribution in [0, 0.1) is 6.92 Å². The number of quaternary nitrogens is 1. The number of nitrogens with zero attached hydrogens (tertiary/aromatic N) is 4. The molecule has 0 aliphatic carbocycles. The molecule has 3 aromatic rings. The molecule has 0 saturated heterocycles. The third kappa shape index (κ3) is 2.45. The van der Waals surface area contributed by atoms with Crippen LogP contribution in [0.3, 0.4) is 0 Å². The van der Waals surface area contributed by atoms with Gasteiger partial charge in [-0.25, -0.2) is 0 Å². The molecule has 0 bridgehead atoms. The summed E-state index contributed by atoms with van der Waals surface area (Å²) >= 11 is 0. The van der Waals surface area contributed by atoms with Gasteiger partial charge in [0, 0.05) is 6.42 Å². The fourth-order valence-electron chi connectivity index (χ4n) is 4.22. The number of tetrazole rings is 1. The second kappa shape index (κ2) is 6.49. The fraction of sp³-hybridized carbons (Fsp3) is 0.350. The molecule has 1 aromatic heterocycles. The van der Waals surface area contributed by atoms with Crippen LogP contribution in [-0.2, 0) is 6.42 Å². The SMILES string of the molecule is COc1c2c(cc3c1[C@@H](c1nnnn1-c1ccccc1C)[NH+](C)CC3)OCO2. The lowest BCUT2D eigenvalue weighted by Crippen LogP contribution is -3.10. The first-order valence-corrected chi connectivity index (χ1v) is 9.35. The first-order chi connectivity index (χ1) is 13.7. The molecule has 28 heavy (non-hydrogen) atoms. The number of aryl methyl sites for hydroxylation is 1. The zero-order valence-electron chi connectivity index (χ0n) is 16.1. The maximum Gasteiger partial charge on any atom is 0.231 e. The Morgan fingerprint density at radius 3 is 2.93 bits per heavy atom. The van der Waals surface area contributed by atoms with Crippen molar-refractivity contribution in [3.05, 3.63) is 52.8 Å². The summed E-state index contributed by atoms with van der Waals surface area (Å²) in [6.45, 7) is 3.23. The molecule has 1 unspecified atom stereocenters. The predicted molar refractivity (Wildman–Crippen MR) is 100 cm³/mol. The van der Waals surface area contributed by atoms with E-state index in [-0.39, 0.29) is 12.8 Å². The van der Waals surface area contributed by atoms with Crippen LogP contribution in [0.2, 0.25) is 0 Å². The van der Waals surface area contributed by atoms with E-state index >= 15 is 0 Å².